The quantitative estimate of drug-likeness (QED) is 0.530. The van der Waals surface area contributed by atoms with Gasteiger partial charge in [0.2, 0.25) is 0 Å². The summed E-state index contributed by atoms with van der Waals surface area (Å²) in [5.74, 6) is 0. The number of hydrogen-bond donors (Lipinski definition) is 0. The first-order chi connectivity index (χ1) is 2.50. The van der Waals surface area contributed by atoms with Crippen LogP contribution in [0.2, 0.25) is 4.37 Å². The van der Waals surface area contributed by atoms with Crippen LogP contribution in [0.4, 0.5) is 0 Å². The molecule has 0 atom stereocenters. The molecule has 0 unspecified atom stereocenters. The van der Waals surface area contributed by atoms with Gasteiger partial charge in [0, 0.05) is 0 Å². The predicted octanol–water partition coefficient (Wildman–Crippen LogP) is 0.255. The summed E-state index contributed by atoms with van der Waals surface area (Å²) >= 11 is 1.27. The zero-order chi connectivity index (χ0) is 3.54. The Morgan fingerprint density at radius 2 is 2.80 bits per heavy atom. The fourth-order valence-corrected chi connectivity index (χ4v) is 8.22. The van der Waals surface area contributed by atoms with E-state index in [9.17, 15) is 0 Å². The average Bonchev–Trinajstić information content (AvgIpc) is 1.76. The topological polar surface area (TPSA) is 0 Å². The third-order valence-corrected chi connectivity index (χ3v) is 9.27. The number of rotatable bonds is 0. The second-order valence-electron chi connectivity index (χ2n) is 0.824. The van der Waals surface area contributed by atoms with Gasteiger partial charge in [0.05, 0.1) is 0 Å². The van der Waals surface area contributed by atoms with E-state index in [0.717, 1.165) is 11.7 Å². The molecule has 0 fully saturated rings. The van der Waals surface area contributed by atoms with Crippen LogP contribution in [-0.2, 0) is 0 Å². The molecule has 0 radical (unpaired) electrons. The molecule has 0 nitrogen and oxygen atoms in total. The summed E-state index contributed by atoms with van der Waals surface area (Å²) in [7, 11) is 0. The van der Waals surface area contributed by atoms with Gasteiger partial charge in [0.25, 0.3) is 0 Å². The van der Waals surface area contributed by atoms with Crippen LogP contribution in [-0.4, -0.2) is 30.2 Å². The molecule has 2 heteroatoms. The summed E-state index contributed by atoms with van der Waals surface area (Å²) in [5.41, 5.74) is 0. The molecule has 1 rings (SSSR count). The van der Waals surface area contributed by atoms with Crippen molar-refractivity contribution in [2.45, 2.75) is 4.37 Å². The third kappa shape index (κ3) is 1.33. The van der Waals surface area contributed by atoms with Gasteiger partial charge in [-0.05, 0) is 0 Å². The Labute approximate surface area is 45.4 Å². The molecule has 1 heterocycles. The summed E-state index contributed by atoms with van der Waals surface area (Å²) in [6.45, 7) is 0. The first-order valence-electron chi connectivity index (χ1n) is 1.52. The van der Waals surface area contributed by atoms with Crippen molar-refractivity contribution in [3.8, 4) is 0 Å². The molecule has 1 aliphatic rings. The Hall–Kier alpha value is 1.12. The molecule has 5 heavy (non-hydrogen) atoms. The summed E-state index contributed by atoms with van der Waals surface area (Å²) in [5, 5.41) is 0. The first kappa shape index (κ1) is 4.28. The van der Waals surface area contributed by atoms with E-state index < -0.39 is 0 Å². The zero-order valence-electron chi connectivity index (χ0n) is 2.76. The van der Waals surface area contributed by atoms with Crippen molar-refractivity contribution in [3.05, 3.63) is 10.9 Å². The molecular formula is C3H4AsSb. The van der Waals surface area contributed by atoms with Crippen LogP contribution in [0.5, 0.6) is 0 Å². The van der Waals surface area contributed by atoms with E-state index in [1.807, 2.05) is 0 Å². The van der Waals surface area contributed by atoms with Gasteiger partial charge >= 0.3 is 45.6 Å². The number of allylic oxidation sites excluding steroid dienone is 1. The average molecular weight is 237 g/mol. The number of hydrogen-bond acceptors (Lipinski definition) is 0. The molecule has 0 amide bonds. The Balaban J connectivity index is 2.61. The maximum absolute atomic E-state index is 2.40. The second kappa shape index (κ2) is 2.32. The Kier molecular flexibility index (Phi) is 1.98. The molecular weight excluding hydrogens is 233 g/mol. The third-order valence-electron chi connectivity index (χ3n) is 0.441. The van der Waals surface area contributed by atoms with E-state index >= 15 is 0 Å². The normalized spacial score (nSPS) is 20.8. The van der Waals surface area contributed by atoms with Crippen molar-refractivity contribution >= 4 is 30.2 Å². The van der Waals surface area contributed by atoms with E-state index in [1.54, 1.807) is 0 Å². The summed E-state index contributed by atoms with van der Waals surface area (Å²) < 4.78 is 1.51. The molecule has 0 aliphatic carbocycles. The van der Waals surface area contributed by atoms with Gasteiger partial charge < -0.3 is 0 Å². The standard InChI is InChI=1S/C3H4As.Sb/c1-2-3-4;/h2-3H,1H2;. The van der Waals surface area contributed by atoms with Gasteiger partial charge in [-0.2, -0.15) is 0 Å². The fourth-order valence-electron chi connectivity index (χ4n) is 0.236. The molecule has 0 aromatic heterocycles. The predicted molar refractivity (Wildman–Crippen MR) is 25.5 cm³/mol. The van der Waals surface area contributed by atoms with Crippen molar-refractivity contribution in [2.24, 2.45) is 0 Å². The van der Waals surface area contributed by atoms with Crippen molar-refractivity contribution < 1.29 is 0 Å². The molecule has 0 saturated carbocycles. The molecule has 0 spiro atoms. The molecule has 0 N–H and O–H groups in total. The minimum atomic E-state index is 0.449. The zero-order valence-corrected chi connectivity index (χ0v) is 7.19. The Morgan fingerprint density at radius 1 is 1.80 bits per heavy atom. The van der Waals surface area contributed by atoms with Gasteiger partial charge in [-0.1, -0.05) is 0 Å². The van der Waals surface area contributed by atoms with Crippen molar-refractivity contribution in [1.29, 1.82) is 0 Å². The fraction of sp³-hybridized carbons (Fsp3) is 0.333. The monoisotopic (exact) mass is 236 g/mol. The summed E-state index contributed by atoms with van der Waals surface area (Å²) in [6, 6.07) is 0. The van der Waals surface area contributed by atoms with E-state index in [0.29, 0.717) is 18.5 Å². The van der Waals surface area contributed by atoms with Gasteiger partial charge in [-0.3, -0.25) is 0 Å². The Bertz CT molecular complexity index is 65.0. The van der Waals surface area contributed by atoms with Crippen molar-refractivity contribution in [2.75, 3.05) is 0 Å². The van der Waals surface area contributed by atoms with Gasteiger partial charge in [0.15, 0.2) is 0 Å². The maximum atomic E-state index is 2.40. The molecule has 0 aromatic carbocycles. The van der Waals surface area contributed by atoms with E-state index in [1.165, 1.54) is 4.37 Å². The van der Waals surface area contributed by atoms with Gasteiger partial charge in [-0.15, -0.1) is 0 Å². The van der Waals surface area contributed by atoms with Gasteiger partial charge in [0.1, 0.15) is 0 Å². The second-order valence-corrected chi connectivity index (χ2v) is 11.2. The van der Waals surface area contributed by atoms with Crippen LogP contribution in [0.3, 0.4) is 0 Å². The van der Waals surface area contributed by atoms with Crippen LogP contribution in [0, 0.1) is 0 Å². The van der Waals surface area contributed by atoms with Gasteiger partial charge in [-0.25, -0.2) is 0 Å². The first-order valence-corrected chi connectivity index (χ1v) is 11.2. The minimum absolute atomic E-state index is 0.449. The molecule has 0 aromatic rings. The van der Waals surface area contributed by atoms with Crippen LogP contribution >= 0.6 is 0 Å². The summed E-state index contributed by atoms with van der Waals surface area (Å²) in [6.07, 6.45) is 2.34. The van der Waals surface area contributed by atoms with Crippen LogP contribution < -0.4 is 0 Å². The summed E-state index contributed by atoms with van der Waals surface area (Å²) in [4.78, 5) is 2.40. The van der Waals surface area contributed by atoms with E-state index in [-0.39, 0.29) is 0 Å². The van der Waals surface area contributed by atoms with Crippen molar-refractivity contribution in [1.82, 2.24) is 0 Å². The van der Waals surface area contributed by atoms with E-state index in [4.69, 9.17) is 0 Å². The van der Waals surface area contributed by atoms with Crippen molar-refractivity contribution in [3.63, 3.8) is 0 Å². The molecule has 0 saturated heterocycles. The molecule has 1 aliphatic heterocycles. The van der Waals surface area contributed by atoms with Crippen LogP contribution in [0.25, 0.3) is 0 Å². The van der Waals surface area contributed by atoms with E-state index in [2.05, 4.69) is 10.9 Å². The Morgan fingerprint density at radius 3 is 3.00 bits per heavy atom. The molecule has 26 valence electrons. The molecule has 0 bridgehead atoms. The van der Waals surface area contributed by atoms with Crippen LogP contribution in [0.1, 0.15) is 0 Å². The SMILES string of the molecule is C1=C[As]=[Sb][CH2]1. The van der Waals surface area contributed by atoms with Crippen LogP contribution in [0.15, 0.2) is 10.9 Å².